The molecule has 2 heterocycles. The predicted molar refractivity (Wildman–Crippen MR) is 116 cm³/mol. The minimum Gasteiger partial charge on any atom is -0.369 e. The summed E-state index contributed by atoms with van der Waals surface area (Å²) in [5.41, 5.74) is 13.2. The molecular weight excluding hydrogens is 383 g/mol. The van der Waals surface area contributed by atoms with Crippen molar-refractivity contribution in [2.45, 2.75) is 88.5 Å². The molecule has 2 aliphatic heterocycles. The van der Waals surface area contributed by atoms with Crippen LogP contribution in [0.3, 0.4) is 0 Å². The molecular formula is C22H39FN6O. The summed E-state index contributed by atoms with van der Waals surface area (Å²) >= 11 is 0. The van der Waals surface area contributed by atoms with Crippen LogP contribution in [0.5, 0.6) is 0 Å². The third-order valence-corrected chi connectivity index (χ3v) is 7.47. The average molecular weight is 423 g/mol. The van der Waals surface area contributed by atoms with Gasteiger partial charge < -0.3 is 11.5 Å². The zero-order valence-corrected chi connectivity index (χ0v) is 18.0. The second kappa shape index (κ2) is 10.0. The highest BCUT2D eigenvalue weighted by Gasteiger charge is 2.39. The fourth-order valence-electron chi connectivity index (χ4n) is 5.76. The number of nitrogens with two attached hydrogens (primary N) is 2. The summed E-state index contributed by atoms with van der Waals surface area (Å²) in [6, 6.07) is 0.374. The van der Waals surface area contributed by atoms with Crippen LogP contribution in [0.2, 0.25) is 0 Å². The van der Waals surface area contributed by atoms with E-state index in [0.29, 0.717) is 13.0 Å². The van der Waals surface area contributed by atoms with Crippen molar-refractivity contribution in [3.8, 4) is 0 Å². The molecule has 0 radical (unpaired) electrons. The van der Waals surface area contributed by atoms with Crippen LogP contribution < -0.4 is 27.4 Å². The molecule has 0 aromatic heterocycles. The molecule has 4 aliphatic rings. The van der Waals surface area contributed by atoms with Gasteiger partial charge in [0.25, 0.3) is 0 Å². The second-order valence-corrected chi connectivity index (χ2v) is 9.69. The number of nitrogens with zero attached hydrogens (tertiary/aromatic N) is 1. The van der Waals surface area contributed by atoms with Crippen molar-refractivity contribution in [3.63, 3.8) is 0 Å². The van der Waals surface area contributed by atoms with Crippen molar-refractivity contribution in [2.24, 2.45) is 23.3 Å². The van der Waals surface area contributed by atoms with Gasteiger partial charge in [0.15, 0.2) is 0 Å². The van der Waals surface area contributed by atoms with Gasteiger partial charge in [0, 0.05) is 37.6 Å². The molecule has 30 heavy (non-hydrogen) atoms. The number of likely N-dealkylation sites (tertiary alicyclic amines) is 1. The third-order valence-electron chi connectivity index (χ3n) is 7.47. The van der Waals surface area contributed by atoms with Gasteiger partial charge in [0.1, 0.15) is 12.5 Å². The number of rotatable bonds is 5. The first-order valence-electron chi connectivity index (χ1n) is 11.9. The number of hydrogen-bond donors (Lipinski definition) is 5. The van der Waals surface area contributed by atoms with Crippen molar-refractivity contribution in [1.29, 1.82) is 0 Å². The predicted octanol–water partition coefficient (Wildman–Crippen LogP) is 0.910. The van der Waals surface area contributed by atoms with Crippen LogP contribution in [0.15, 0.2) is 11.6 Å². The highest BCUT2D eigenvalue weighted by atomic mass is 19.1. The van der Waals surface area contributed by atoms with E-state index in [9.17, 15) is 9.18 Å². The topological polar surface area (TPSA) is 108 Å². The van der Waals surface area contributed by atoms with Gasteiger partial charge in [0.2, 0.25) is 5.91 Å². The van der Waals surface area contributed by atoms with E-state index in [0.717, 1.165) is 51.6 Å². The van der Waals surface area contributed by atoms with E-state index in [4.69, 9.17) is 11.5 Å². The quantitative estimate of drug-likeness (QED) is 0.422. The summed E-state index contributed by atoms with van der Waals surface area (Å²) in [5.74, 6) is -0.636. The molecule has 6 unspecified atom stereocenters. The lowest BCUT2D eigenvalue weighted by molar-refractivity contribution is -0.124. The maximum absolute atomic E-state index is 14.7. The Kier molecular flexibility index (Phi) is 7.41. The molecule has 170 valence electrons. The number of alkyl halides is 1. The van der Waals surface area contributed by atoms with Crippen molar-refractivity contribution in [3.05, 3.63) is 11.6 Å². The Labute approximate surface area is 179 Å². The van der Waals surface area contributed by atoms with Crippen molar-refractivity contribution >= 4 is 5.91 Å². The number of piperidine rings is 1. The van der Waals surface area contributed by atoms with Gasteiger partial charge in [0.05, 0.1) is 12.1 Å². The van der Waals surface area contributed by atoms with E-state index in [1.165, 1.54) is 18.4 Å². The molecule has 7 nitrogen and oxygen atoms in total. The fraction of sp³-hybridized carbons (Fsp3) is 0.864. The highest BCUT2D eigenvalue weighted by molar-refractivity contribution is 5.77. The Morgan fingerprint density at radius 3 is 2.83 bits per heavy atom. The normalized spacial score (nSPS) is 41.3. The maximum atomic E-state index is 14.7. The molecule has 0 aromatic rings. The van der Waals surface area contributed by atoms with Crippen molar-refractivity contribution in [1.82, 2.24) is 20.9 Å². The van der Waals surface area contributed by atoms with E-state index < -0.39 is 6.17 Å². The number of hydrogen-bond acceptors (Lipinski definition) is 6. The lowest BCUT2D eigenvalue weighted by Gasteiger charge is -2.46. The lowest BCUT2D eigenvalue weighted by atomic mass is 9.76. The third kappa shape index (κ3) is 5.22. The minimum absolute atomic E-state index is 0.0150. The number of halogens is 1. The smallest absolute Gasteiger partial charge is 0.224 e. The number of primary amides is 1. The zero-order chi connectivity index (χ0) is 21.1. The van der Waals surface area contributed by atoms with E-state index >= 15 is 0 Å². The number of carbonyl (C=O) groups is 1. The van der Waals surface area contributed by atoms with Crippen molar-refractivity contribution < 1.29 is 9.18 Å². The summed E-state index contributed by atoms with van der Waals surface area (Å²) in [7, 11) is 0. The molecule has 0 spiro atoms. The SMILES string of the molecule is NC(=O)C1CNC(N2CCC[C@H](N)C2)NC1NC1CCC(F)C(C2=CCCCC2)C1. The number of amides is 1. The van der Waals surface area contributed by atoms with Gasteiger partial charge in [-0.15, -0.1) is 0 Å². The Morgan fingerprint density at radius 1 is 1.23 bits per heavy atom. The molecule has 2 aliphatic carbocycles. The number of nitrogens with one attached hydrogen (secondary N) is 3. The monoisotopic (exact) mass is 422 g/mol. The Balaban J connectivity index is 1.40. The molecule has 0 bridgehead atoms. The van der Waals surface area contributed by atoms with Crippen LogP contribution >= 0.6 is 0 Å². The number of allylic oxidation sites excluding steroid dienone is 2. The Hall–Kier alpha value is -1.06. The van der Waals surface area contributed by atoms with E-state index in [1.807, 2.05) is 0 Å². The van der Waals surface area contributed by atoms with Gasteiger partial charge in [-0.1, -0.05) is 11.6 Å². The first-order valence-corrected chi connectivity index (χ1v) is 11.9. The molecule has 2 saturated heterocycles. The van der Waals surface area contributed by atoms with Crippen molar-refractivity contribution in [2.75, 3.05) is 19.6 Å². The molecule has 7 N–H and O–H groups in total. The van der Waals surface area contributed by atoms with E-state index in [-0.39, 0.29) is 42.3 Å². The van der Waals surface area contributed by atoms with E-state index in [1.54, 1.807) is 0 Å². The van der Waals surface area contributed by atoms with Gasteiger partial charge in [-0.05, 0) is 57.8 Å². The van der Waals surface area contributed by atoms with Gasteiger partial charge in [-0.2, -0.15) is 0 Å². The number of carbonyl (C=O) groups excluding carboxylic acids is 1. The molecule has 8 heteroatoms. The second-order valence-electron chi connectivity index (χ2n) is 9.69. The summed E-state index contributed by atoms with van der Waals surface area (Å²) < 4.78 is 14.7. The lowest BCUT2D eigenvalue weighted by Crippen LogP contribution is -2.72. The first-order chi connectivity index (χ1) is 14.5. The summed E-state index contributed by atoms with van der Waals surface area (Å²) in [6.07, 6.45) is 10.1. The van der Waals surface area contributed by atoms with Crippen LogP contribution in [0, 0.1) is 11.8 Å². The van der Waals surface area contributed by atoms with Crippen LogP contribution in [-0.4, -0.2) is 61.2 Å². The van der Waals surface area contributed by atoms with Gasteiger partial charge >= 0.3 is 0 Å². The molecule has 3 fully saturated rings. The minimum atomic E-state index is -0.747. The Bertz CT molecular complexity index is 631. The van der Waals surface area contributed by atoms with Gasteiger partial charge in [-0.3, -0.25) is 25.6 Å². The molecule has 7 atom stereocenters. The average Bonchev–Trinajstić information content (AvgIpc) is 2.75. The van der Waals surface area contributed by atoms with Crippen LogP contribution in [0.1, 0.15) is 57.8 Å². The highest BCUT2D eigenvalue weighted by Crippen LogP contribution is 2.37. The van der Waals surface area contributed by atoms with Crippen LogP contribution in [0.25, 0.3) is 0 Å². The maximum Gasteiger partial charge on any atom is 0.224 e. The standard InChI is InChI=1S/C22H39FN6O/c23-19-9-8-16(11-17(19)14-5-2-1-3-6-14)27-21-18(20(25)30)12-26-22(28-21)29-10-4-7-15(24)13-29/h5,15-19,21-22,26-28H,1-4,6-13,24H2,(H2,25,30)/t15-,16?,17?,18?,19?,21?,22?/m0/s1. The summed E-state index contributed by atoms with van der Waals surface area (Å²) in [4.78, 5) is 14.4. The molecule has 1 amide bonds. The molecule has 4 rings (SSSR count). The zero-order valence-electron chi connectivity index (χ0n) is 18.0. The Morgan fingerprint density at radius 2 is 2.10 bits per heavy atom. The molecule has 0 aromatic carbocycles. The van der Waals surface area contributed by atoms with E-state index in [2.05, 4.69) is 26.9 Å². The largest absolute Gasteiger partial charge is 0.369 e. The fourth-order valence-corrected chi connectivity index (χ4v) is 5.76. The van der Waals surface area contributed by atoms with Crippen LogP contribution in [-0.2, 0) is 4.79 Å². The summed E-state index contributed by atoms with van der Waals surface area (Å²) in [6.45, 7) is 2.35. The first kappa shape index (κ1) is 22.1. The van der Waals surface area contributed by atoms with Gasteiger partial charge in [-0.25, -0.2) is 4.39 Å². The summed E-state index contributed by atoms with van der Waals surface area (Å²) in [5, 5.41) is 10.6. The van der Waals surface area contributed by atoms with Crippen LogP contribution in [0.4, 0.5) is 4.39 Å². The molecule has 1 saturated carbocycles.